The van der Waals surface area contributed by atoms with Gasteiger partial charge < -0.3 is 21.3 Å². The van der Waals surface area contributed by atoms with E-state index >= 15 is 0 Å². The number of likely N-dealkylation sites (N-methyl/N-ethyl adjacent to an activating group) is 1. The molecule has 0 aliphatic heterocycles. The van der Waals surface area contributed by atoms with Gasteiger partial charge >= 0.3 is 0 Å². The summed E-state index contributed by atoms with van der Waals surface area (Å²) >= 11 is 0. The zero-order valence-corrected chi connectivity index (χ0v) is 22.0. The molecule has 0 heterocycles. The number of aromatic hydroxyl groups is 1. The van der Waals surface area contributed by atoms with Gasteiger partial charge in [-0.15, -0.1) is 0 Å². The van der Waals surface area contributed by atoms with Crippen molar-refractivity contribution in [3.8, 4) is 5.75 Å². The monoisotopic (exact) mass is 513 g/mol. The minimum absolute atomic E-state index is 0.000954. The van der Waals surface area contributed by atoms with Crippen LogP contribution in [0.4, 0.5) is 0 Å². The summed E-state index contributed by atoms with van der Waals surface area (Å²) in [5, 5.41) is 25.9. The Morgan fingerprint density at radius 3 is 2.32 bits per heavy atom. The fraction of sp³-hybridized carbons (Fsp3) is 0.593. The Balaban J connectivity index is 1.94. The number of nitrogens with two attached hydrogens (primary N) is 1. The quantitative estimate of drug-likeness (QED) is 0.401. The number of rotatable bonds is 5. The third-order valence-electron chi connectivity index (χ3n) is 8.67. The molecule has 1 aromatic rings. The molecule has 3 aliphatic carbocycles. The van der Waals surface area contributed by atoms with Crippen molar-refractivity contribution < 1.29 is 34.2 Å². The lowest BCUT2D eigenvalue weighted by Gasteiger charge is -2.61. The number of phenols is 1. The molecule has 4 rings (SSSR count). The van der Waals surface area contributed by atoms with Gasteiger partial charge in [-0.3, -0.25) is 28.9 Å². The summed E-state index contributed by atoms with van der Waals surface area (Å²) in [5.41, 5.74) is 1.28. The summed E-state index contributed by atoms with van der Waals surface area (Å²) in [5.74, 6) is -8.79. The summed E-state index contributed by atoms with van der Waals surface area (Å²) in [7, 11) is 3.13. The highest BCUT2D eigenvalue weighted by atomic mass is 16.3. The standard InChI is InChI=1S/C27H35N3O7/c1-12(2)29-10-13-7-8-15(31)16-14(13)9-25(3)11-26(4)21(30(5)6)20(33)17(24(28)36)22(34)27(26,37)23(35)18(25)19(16)32/h7-8,12,17-18,21,29,31,37H,9-11H2,1-6H3,(H2,28,36)/t17?,18?,21-,25+,26+,27-/m1/s1. The van der Waals surface area contributed by atoms with Gasteiger partial charge in [-0.1, -0.05) is 33.8 Å². The van der Waals surface area contributed by atoms with E-state index in [1.54, 1.807) is 27.1 Å². The fourth-order valence-corrected chi connectivity index (χ4v) is 7.26. The number of aliphatic hydroxyl groups is 1. The Morgan fingerprint density at radius 1 is 1.16 bits per heavy atom. The molecular weight excluding hydrogens is 478 g/mol. The van der Waals surface area contributed by atoms with Gasteiger partial charge in [0.05, 0.1) is 17.5 Å². The normalized spacial score (nSPS) is 35.4. The molecule has 1 amide bonds. The van der Waals surface area contributed by atoms with E-state index in [0.29, 0.717) is 12.1 Å². The van der Waals surface area contributed by atoms with Gasteiger partial charge in [0.15, 0.2) is 34.7 Å². The number of benzene rings is 1. The molecule has 0 radical (unpaired) electrons. The summed E-state index contributed by atoms with van der Waals surface area (Å²) in [6.07, 6.45) is 0.179. The van der Waals surface area contributed by atoms with Crippen LogP contribution in [0.5, 0.6) is 5.75 Å². The fourth-order valence-electron chi connectivity index (χ4n) is 7.26. The molecule has 0 aromatic heterocycles. The zero-order chi connectivity index (χ0) is 27.8. The van der Waals surface area contributed by atoms with E-state index < -0.39 is 63.3 Å². The summed E-state index contributed by atoms with van der Waals surface area (Å²) in [6.45, 7) is 7.63. The maximum atomic E-state index is 14.1. The van der Waals surface area contributed by atoms with Crippen LogP contribution >= 0.6 is 0 Å². The Hall–Kier alpha value is -2.95. The molecule has 10 nitrogen and oxygen atoms in total. The topological polar surface area (TPSA) is 167 Å². The van der Waals surface area contributed by atoms with Crippen molar-refractivity contribution in [2.45, 2.75) is 64.8 Å². The smallest absolute Gasteiger partial charge is 0.235 e. The Labute approximate surface area is 215 Å². The van der Waals surface area contributed by atoms with Crippen LogP contribution in [-0.4, -0.2) is 75.9 Å². The third-order valence-corrected chi connectivity index (χ3v) is 8.67. The van der Waals surface area contributed by atoms with E-state index in [0.717, 1.165) is 5.56 Å². The number of Topliss-reactive ketones (excluding diaryl/α,β-unsaturated/α-hetero) is 4. The number of carbonyl (C=O) groups is 5. The molecule has 1 aromatic carbocycles. The van der Waals surface area contributed by atoms with Crippen LogP contribution in [0.15, 0.2) is 12.1 Å². The van der Waals surface area contributed by atoms with Crippen LogP contribution in [0.2, 0.25) is 0 Å². The van der Waals surface area contributed by atoms with Gasteiger partial charge in [0, 0.05) is 18.0 Å². The van der Waals surface area contributed by atoms with Gasteiger partial charge in [0.25, 0.3) is 0 Å². The predicted molar refractivity (Wildman–Crippen MR) is 133 cm³/mol. The second-order valence-corrected chi connectivity index (χ2v) is 11.9. The average Bonchev–Trinajstić information content (AvgIpc) is 2.75. The average molecular weight is 514 g/mol. The molecule has 2 unspecified atom stereocenters. The Morgan fingerprint density at radius 2 is 1.78 bits per heavy atom. The van der Waals surface area contributed by atoms with Crippen molar-refractivity contribution in [2.24, 2.45) is 28.4 Å². The van der Waals surface area contributed by atoms with Crippen LogP contribution < -0.4 is 11.1 Å². The number of hydrogen-bond donors (Lipinski definition) is 4. The second kappa shape index (κ2) is 8.54. The summed E-state index contributed by atoms with van der Waals surface area (Å²) in [4.78, 5) is 68.6. The van der Waals surface area contributed by atoms with Crippen molar-refractivity contribution in [1.82, 2.24) is 10.2 Å². The van der Waals surface area contributed by atoms with E-state index in [-0.39, 0.29) is 30.2 Å². The Kier molecular flexibility index (Phi) is 6.25. The molecule has 0 spiro atoms. The highest BCUT2D eigenvalue weighted by Gasteiger charge is 2.76. The number of nitrogens with one attached hydrogen (secondary N) is 1. The SMILES string of the molecule is CC(C)NCc1ccc(O)c2c1C[C@@]1(C)C[C@@]3(C)[C@H](N(C)C)C(=O)C(C(N)=O)C(=O)[C@@]3(O)C(=O)C1C2=O. The lowest BCUT2D eigenvalue weighted by atomic mass is 9.42. The first-order chi connectivity index (χ1) is 17.0. The molecule has 2 saturated carbocycles. The van der Waals surface area contributed by atoms with E-state index in [2.05, 4.69) is 5.32 Å². The molecule has 6 atom stereocenters. The van der Waals surface area contributed by atoms with Crippen LogP contribution in [-0.2, 0) is 32.1 Å². The van der Waals surface area contributed by atoms with Crippen LogP contribution in [0, 0.1) is 22.7 Å². The Bertz CT molecular complexity index is 1240. The minimum Gasteiger partial charge on any atom is -0.507 e. The van der Waals surface area contributed by atoms with Crippen LogP contribution in [0.1, 0.15) is 55.6 Å². The summed E-state index contributed by atoms with van der Waals surface area (Å²) in [6, 6.07) is 2.11. The van der Waals surface area contributed by atoms with E-state index in [1.165, 1.54) is 17.9 Å². The molecular formula is C27H35N3O7. The van der Waals surface area contributed by atoms with Crippen molar-refractivity contribution in [2.75, 3.05) is 14.1 Å². The maximum Gasteiger partial charge on any atom is 0.235 e. The van der Waals surface area contributed by atoms with E-state index in [9.17, 15) is 34.2 Å². The second-order valence-electron chi connectivity index (χ2n) is 11.9. The number of primary amides is 1. The largest absolute Gasteiger partial charge is 0.507 e. The van der Waals surface area contributed by atoms with Gasteiger partial charge in [0.2, 0.25) is 5.91 Å². The first-order valence-electron chi connectivity index (χ1n) is 12.4. The van der Waals surface area contributed by atoms with E-state index in [1.807, 2.05) is 13.8 Å². The number of phenolic OH excluding ortho intramolecular Hbond substituents is 1. The summed E-state index contributed by atoms with van der Waals surface area (Å²) < 4.78 is 0. The maximum absolute atomic E-state index is 14.1. The molecule has 37 heavy (non-hydrogen) atoms. The molecule has 0 saturated heterocycles. The highest BCUT2D eigenvalue weighted by Crippen LogP contribution is 2.61. The van der Waals surface area contributed by atoms with Gasteiger partial charge in [-0.05, 0) is 49.5 Å². The predicted octanol–water partition coefficient (Wildman–Crippen LogP) is 0.145. The minimum atomic E-state index is -2.79. The van der Waals surface area contributed by atoms with E-state index in [4.69, 9.17) is 5.73 Å². The number of fused-ring (bicyclic) bond motifs is 3. The first-order valence-corrected chi connectivity index (χ1v) is 12.4. The molecule has 10 heteroatoms. The molecule has 2 fully saturated rings. The number of ketones is 4. The number of nitrogens with zero attached hydrogens (tertiary/aromatic N) is 1. The number of amides is 1. The van der Waals surface area contributed by atoms with Crippen molar-refractivity contribution in [3.05, 3.63) is 28.8 Å². The first kappa shape index (κ1) is 27.1. The zero-order valence-electron chi connectivity index (χ0n) is 22.0. The highest BCUT2D eigenvalue weighted by molar-refractivity contribution is 6.33. The molecule has 3 aliphatic rings. The van der Waals surface area contributed by atoms with Gasteiger partial charge in [-0.25, -0.2) is 0 Å². The number of carbonyl (C=O) groups excluding carboxylic acids is 5. The number of hydrogen-bond acceptors (Lipinski definition) is 9. The molecule has 5 N–H and O–H groups in total. The lowest BCUT2D eigenvalue weighted by Crippen LogP contribution is -2.79. The molecule has 0 bridgehead atoms. The molecule has 200 valence electrons. The van der Waals surface area contributed by atoms with Crippen LogP contribution in [0.25, 0.3) is 0 Å². The van der Waals surface area contributed by atoms with Crippen LogP contribution in [0.3, 0.4) is 0 Å². The lowest BCUT2D eigenvalue weighted by molar-refractivity contribution is -0.203. The van der Waals surface area contributed by atoms with Gasteiger partial charge in [0.1, 0.15) is 5.75 Å². The van der Waals surface area contributed by atoms with Crippen molar-refractivity contribution in [1.29, 1.82) is 0 Å². The van der Waals surface area contributed by atoms with Gasteiger partial charge in [-0.2, -0.15) is 0 Å². The third kappa shape index (κ3) is 3.53. The van der Waals surface area contributed by atoms with Crippen molar-refractivity contribution in [3.63, 3.8) is 0 Å². The van der Waals surface area contributed by atoms with Crippen molar-refractivity contribution >= 4 is 29.0 Å².